The lowest BCUT2D eigenvalue weighted by Crippen LogP contribution is -1.94. The molecule has 0 atom stereocenters. The van der Waals surface area contributed by atoms with Crippen molar-refractivity contribution in [3.63, 3.8) is 0 Å². The van der Waals surface area contributed by atoms with E-state index in [-0.39, 0.29) is 11.5 Å². The summed E-state index contributed by atoms with van der Waals surface area (Å²) in [6, 6.07) is 6.47. The molecule has 0 radical (unpaired) electrons. The molecule has 1 aromatic carbocycles. The van der Waals surface area contributed by atoms with Crippen LogP contribution in [0.1, 0.15) is 12.5 Å². The zero-order valence-electron chi connectivity index (χ0n) is 8.30. The lowest BCUT2D eigenvalue weighted by molar-refractivity contribution is -0.384. The van der Waals surface area contributed by atoms with Crippen LogP contribution in [0.2, 0.25) is 0 Å². The summed E-state index contributed by atoms with van der Waals surface area (Å²) in [5.41, 5.74) is 0.964. The summed E-state index contributed by atoms with van der Waals surface area (Å²) >= 11 is 1.46. The molecule has 0 unspecified atom stereocenters. The molecule has 0 aliphatic rings. The molecule has 0 saturated heterocycles. The van der Waals surface area contributed by atoms with E-state index < -0.39 is 4.92 Å². The van der Waals surface area contributed by atoms with Gasteiger partial charge >= 0.3 is 0 Å². The molecule has 0 spiro atoms. The van der Waals surface area contributed by atoms with Crippen LogP contribution in [0.25, 0.3) is 0 Å². The van der Waals surface area contributed by atoms with E-state index in [4.69, 9.17) is 0 Å². The first-order valence-corrected chi connectivity index (χ1v) is 5.55. The number of hydrogen-bond acceptors (Lipinski definition) is 4. The Bertz CT molecular complexity index is 379. The molecule has 0 aliphatic carbocycles. The molecule has 0 saturated carbocycles. The smallest absolute Gasteiger partial charge is 0.269 e. The van der Waals surface area contributed by atoms with Gasteiger partial charge in [0.05, 0.1) is 10.7 Å². The number of rotatable bonds is 5. The molecular formula is C10H11NO3S. The Balaban J connectivity index is 2.58. The Hall–Kier alpha value is -1.36. The van der Waals surface area contributed by atoms with E-state index in [1.165, 1.54) is 30.8 Å². The lowest BCUT2D eigenvalue weighted by atomic mass is 10.2. The van der Waals surface area contributed by atoms with E-state index in [2.05, 4.69) is 0 Å². The number of non-ortho nitro benzene ring substituents is 1. The molecule has 0 aliphatic heterocycles. The highest BCUT2D eigenvalue weighted by Crippen LogP contribution is 2.17. The van der Waals surface area contributed by atoms with Gasteiger partial charge in [0.1, 0.15) is 5.78 Å². The van der Waals surface area contributed by atoms with Crippen molar-refractivity contribution in [2.45, 2.75) is 12.7 Å². The second-order valence-electron chi connectivity index (χ2n) is 3.12. The molecule has 4 nitrogen and oxygen atoms in total. The molecule has 1 rings (SSSR count). The van der Waals surface area contributed by atoms with Crippen LogP contribution >= 0.6 is 11.8 Å². The Morgan fingerprint density at radius 3 is 2.87 bits per heavy atom. The van der Waals surface area contributed by atoms with Crippen LogP contribution in [0.4, 0.5) is 5.69 Å². The van der Waals surface area contributed by atoms with Crippen LogP contribution in [-0.2, 0) is 10.5 Å². The summed E-state index contributed by atoms with van der Waals surface area (Å²) in [5.74, 6) is 1.19. The molecule has 15 heavy (non-hydrogen) atoms. The predicted molar refractivity (Wildman–Crippen MR) is 59.9 cm³/mol. The van der Waals surface area contributed by atoms with Crippen molar-refractivity contribution in [2.24, 2.45) is 0 Å². The fraction of sp³-hybridized carbons (Fsp3) is 0.300. The van der Waals surface area contributed by atoms with E-state index in [1.54, 1.807) is 6.07 Å². The van der Waals surface area contributed by atoms with E-state index in [0.29, 0.717) is 11.5 Å². The van der Waals surface area contributed by atoms with E-state index in [0.717, 1.165) is 5.56 Å². The summed E-state index contributed by atoms with van der Waals surface area (Å²) in [6.45, 7) is 1.53. The number of hydrogen-bond donors (Lipinski definition) is 0. The summed E-state index contributed by atoms with van der Waals surface area (Å²) in [4.78, 5) is 20.7. The zero-order chi connectivity index (χ0) is 11.3. The monoisotopic (exact) mass is 225 g/mol. The van der Waals surface area contributed by atoms with Gasteiger partial charge in [-0.3, -0.25) is 14.9 Å². The predicted octanol–water partition coefficient (Wildman–Crippen LogP) is 2.42. The standard InChI is InChI=1S/C10H11NO3S/c1-8(12)6-15-7-9-3-2-4-10(5-9)11(13)14/h2-5H,6-7H2,1H3. The molecule has 0 fully saturated rings. The van der Waals surface area contributed by atoms with Crippen molar-refractivity contribution < 1.29 is 9.72 Å². The van der Waals surface area contributed by atoms with Crippen molar-refractivity contribution in [3.8, 4) is 0 Å². The summed E-state index contributed by atoms with van der Waals surface area (Å²) in [5, 5.41) is 10.5. The van der Waals surface area contributed by atoms with Gasteiger partial charge in [0.15, 0.2) is 0 Å². The second-order valence-corrected chi connectivity index (χ2v) is 4.11. The van der Waals surface area contributed by atoms with Gasteiger partial charge < -0.3 is 0 Å². The number of nitro benzene ring substituents is 1. The molecule has 0 heterocycles. The first-order valence-electron chi connectivity index (χ1n) is 4.40. The number of carbonyl (C=O) groups is 1. The average Bonchev–Trinajstić information content (AvgIpc) is 2.17. The molecule has 0 N–H and O–H groups in total. The van der Waals surface area contributed by atoms with Gasteiger partial charge in [-0.1, -0.05) is 12.1 Å². The van der Waals surface area contributed by atoms with Gasteiger partial charge in [-0.2, -0.15) is 0 Å². The Kier molecular flexibility index (Phi) is 4.30. The van der Waals surface area contributed by atoms with E-state index >= 15 is 0 Å². The number of thioether (sulfide) groups is 1. The number of carbonyl (C=O) groups excluding carboxylic acids is 1. The quantitative estimate of drug-likeness (QED) is 0.570. The fourth-order valence-corrected chi connectivity index (χ4v) is 1.88. The molecule has 80 valence electrons. The highest BCUT2D eigenvalue weighted by atomic mass is 32.2. The van der Waals surface area contributed by atoms with Crippen molar-refractivity contribution in [2.75, 3.05) is 5.75 Å². The molecule has 0 bridgehead atoms. The molecule has 0 aromatic heterocycles. The minimum Gasteiger partial charge on any atom is -0.299 e. The molecule has 1 aromatic rings. The molecule has 0 amide bonds. The highest BCUT2D eigenvalue weighted by Gasteiger charge is 2.05. The van der Waals surface area contributed by atoms with Crippen molar-refractivity contribution in [1.29, 1.82) is 0 Å². The minimum absolute atomic E-state index is 0.0934. The Morgan fingerprint density at radius 2 is 2.27 bits per heavy atom. The molecular weight excluding hydrogens is 214 g/mol. The number of Topliss-reactive ketones (excluding diaryl/α,β-unsaturated/α-hetero) is 1. The summed E-state index contributed by atoms with van der Waals surface area (Å²) in [6.07, 6.45) is 0. The minimum atomic E-state index is -0.418. The van der Waals surface area contributed by atoms with E-state index in [1.807, 2.05) is 6.07 Å². The van der Waals surface area contributed by atoms with Gasteiger partial charge in [-0.15, -0.1) is 11.8 Å². The third kappa shape index (κ3) is 4.12. The average molecular weight is 225 g/mol. The maximum Gasteiger partial charge on any atom is 0.269 e. The number of benzene rings is 1. The van der Waals surface area contributed by atoms with Gasteiger partial charge in [-0.05, 0) is 12.5 Å². The number of ketones is 1. The number of nitrogens with zero attached hydrogens (tertiary/aromatic N) is 1. The number of nitro groups is 1. The lowest BCUT2D eigenvalue weighted by Gasteiger charge is -1.99. The fourth-order valence-electron chi connectivity index (χ4n) is 1.07. The Labute approximate surface area is 91.8 Å². The summed E-state index contributed by atoms with van der Waals surface area (Å²) < 4.78 is 0. The topological polar surface area (TPSA) is 60.2 Å². The van der Waals surface area contributed by atoms with Crippen LogP contribution < -0.4 is 0 Å². The van der Waals surface area contributed by atoms with Gasteiger partial charge in [0.2, 0.25) is 0 Å². The SMILES string of the molecule is CC(=O)CSCc1cccc([N+](=O)[O-])c1. The largest absolute Gasteiger partial charge is 0.299 e. The van der Waals surface area contributed by atoms with Gasteiger partial charge in [-0.25, -0.2) is 0 Å². The maximum absolute atomic E-state index is 10.7. The third-order valence-electron chi connectivity index (χ3n) is 1.70. The first-order chi connectivity index (χ1) is 7.09. The van der Waals surface area contributed by atoms with Crippen LogP contribution in [0.15, 0.2) is 24.3 Å². The van der Waals surface area contributed by atoms with Crippen LogP contribution in [0.5, 0.6) is 0 Å². The third-order valence-corrected chi connectivity index (χ3v) is 2.84. The maximum atomic E-state index is 10.7. The van der Waals surface area contributed by atoms with Gasteiger partial charge in [0, 0.05) is 17.9 Å². The first kappa shape index (κ1) is 11.7. The summed E-state index contributed by atoms with van der Waals surface area (Å²) in [7, 11) is 0. The van der Waals surface area contributed by atoms with E-state index in [9.17, 15) is 14.9 Å². The van der Waals surface area contributed by atoms with Crippen molar-refractivity contribution in [3.05, 3.63) is 39.9 Å². The van der Waals surface area contributed by atoms with Crippen LogP contribution in [0, 0.1) is 10.1 Å². The zero-order valence-corrected chi connectivity index (χ0v) is 9.12. The molecule has 5 heteroatoms. The Morgan fingerprint density at radius 1 is 1.53 bits per heavy atom. The van der Waals surface area contributed by atoms with Crippen LogP contribution in [-0.4, -0.2) is 16.5 Å². The van der Waals surface area contributed by atoms with Crippen molar-refractivity contribution >= 4 is 23.2 Å². The van der Waals surface area contributed by atoms with Crippen molar-refractivity contribution in [1.82, 2.24) is 0 Å². The van der Waals surface area contributed by atoms with Crippen LogP contribution in [0.3, 0.4) is 0 Å². The normalized spacial score (nSPS) is 9.93. The second kappa shape index (κ2) is 5.50. The highest BCUT2D eigenvalue weighted by molar-refractivity contribution is 7.99. The van der Waals surface area contributed by atoms with Gasteiger partial charge in [0.25, 0.3) is 5.69 Å².